The second-order valence-corrected chi connectivity index (χ2v) is 13.6. The van der Waals surface area contributed by atoms with Crippen LogP contribution in [-0.4, -0.2) is 87.3 Å². The fourth-order valence-electron chi connectivity index (χ4n) is 6.39. The highest BCUT2D eigenvalue weighted by Gasteiger charge is 2.50. The van der Waals surface area contributed by atoms with E-state index in [1.807, 2.05) is 91.8 Å². The Hall–Kier alpha value is -3.14. The molecule has 0 aromatic heterocycles. The number of carbonyl (C=O) groups excluding carboxylic acids is 2. The summed E-state index contributed by atoms with van der Waals surface area (Å²) in [6.45, 7) is 17.3. The molecule has 1 aliphatic rings. The predicted molar refractivity (Wildman–Crippen MR) is 177 cm³/mol. The van der Waals surface area contributed by atoms with Crippen molar-refractivity contribution in [2.24, 2.45) is 0 Å². The van der Waals surface area contributed by atoms with Gasteiger partial charge in [-0.05, 0) is 79.4 Å². The van der Waals surface area contributed by atoms with Gasteiger partial charge in [-0.15, -0.1) is 0 Å². The van der Waals surface area contributed by atoms with Gasteiger partial charge in [-0.2, -0.15) is 0 Å². The molecular formula is C36H55N3O6. The Morgan fingerprint density at radius 2 is 1.42 bits per heavy atom. The van der Waals surface area contributed by atoms with Crippen molar-refractivity contribution in [3.63, 3.8) is 0 Å². The van der Waals surface area contributed by atoms with Gasteiger partial charge in [-0.25, -0.2) is 9.59 Å². The lowest BCUT2D eigenvalue weighted by Crippen LogP contribution is -2.55. The zero-order valence-electron chi connectivity index (χ0n) is 28.6. The summed E-state index contributed by atoms with van der Waals surface area (Å²) in [5, 5.41) is 10.2. The van der Waals surface area contributed by atoms with Crippen LogP contribution < -0.4 is 0 Å². The smallest absolute Gasteiger partial charge is 0.412 e. The summed E-state index contributed by atoms with van der Waals surface area (Å²) in [6, 6.07) is 20.2. The normalized spacial score (nSPS) is 17.0. The third kappa shape index (κ3) is 10.2. The monoisotopic (exact) mass is 625 g/mol. The summed E-state index contributed by atoms with van der Waals surface area (Å²) in [7, 11) is 0. The molecule has 9 heteroatoms. The molecule has 0 saturated carbocycles. The van der Waals surface area contributed by atoms with Gasteiger partial charge < -0.3 is 24.2 Å². The van der Waals surface area contributed by atoms with E-state index in [9.17, 15) is 14.7 Å². The first-order valence-corrected chi connectivity index (χ1v) is 16.3. The van der Waals surface area contributed by atoms with E-state index in [1.165, 1.54) is 0 Å². The lowest BCUT2D eigenvalue weighted by Gasteiger charge is -2.41. The second kappa shape index (κ2) is 16.4. The van der Waals surface area contributed by atoms with Crippen molar-refractivity contribution in [3.8, 4) is 0 Å². The van der Waals surface area contributed by atoms with Crippen LogP contribution >= 0.6 is 0 Å². The standard InChI is InChI=1S/C36H55N3O6/c1-27(2)38(28(3)4)33(41)43-23-15-20-31(32(21-22-40)45-34(42)39-35(5,6)26-44-36(39,7)8)37(24-29-16-11-9-12-17-29)25-30-18-13-10-14-19-30/h9-14,16-19,27-28,31-32,40H,15,20-26H2,1-8H3/t31-,32-/m0/s1. The summed E-state index contributed by atoms with van der Waals surface area (Å²) in [4.78, 5) is 32.5. The minimum atomic E-state index is -0.833. The van der Waals surface area contributed by atoms with Gasteiger partial charge in [0, 0.05) is 44.2 Å². The summed E-state index contributed by atoms with van der Waals surface area (Å²) >= 11 is 0. The Kier molecular flexibility index (Phi) is 13.3. The van der Waals surface area contributed by atoms with Crippen LogP contribution in [0.1, 0.15) is 85.8 Å². The maximum atomic E-state index is 13.9. The number of hydrogen-bond donors (Lipinski definition) is 1. The molecule has 0 radical (unpaired) electrons. The van der Waals surface area contributed by atoms with Gasteiger partial charge in [0.05, 0.1) is 18.8 Å². The van der Waals surface area contributed by atoms with Crippen LogP contribution in [0, 0.1) is 0 Å². The van der Waals surface area contributed by atoms with E-state index in [2.05, 4.69) is 29.2 Å². The van der Waals surface area contributed by atoms with Gasteiger partial charge in [0.25, 0.3) is 0 Å². The molecule has 250 valence electrons. The Labute approximate surface area is 270 Å². The minimum Gasteiger partial charge on any atom is -0.449 e. The van der Waals surface area contributed by atoms with Crippen molar-refractivity contribution in [1.29, 1.82) is 0 Å². The average molecular weight is 626 g/mol. The molecule has 2 amide bonds. The van der Waals surface area contributed by atoms with E-state index < -0.39 is 23.5 Å². The fourth-order valence-corrected chi connectivity index (χ4v) is 6.39. The van der Waals surface area contributed by atoms with E-state index in [0.29, 0.717) is 32.5 Å². The van der Waals surface area contributed by atoms with Crippen molar-refractivity contribution >= 4 is 12.2 Å². The fraction of sp³-hybridized carbons (Fsp3) is 0.611. The van der Waals surface area contributed by atoms with Crippen molar-refractivity contribution in [1.82, 2.24) is 14.7 Å². The van der Waals surface area contributed by atoms with Crippen LogP contribution in [0.15, 0.2) is 60.7 Å². The molecule has 0 bridgehead atoms. The molecule has 2 atom stereocenters. The molecule has 2 aromatic carbocycles. The highest BCUT2D eigenvalue weighted by Crippen LogP contribution is 2.36. The Morgan fingerprint density at radius 3 is 1.87 bits per heavy atom. The van der Waals surface area contributed by atoms with Crippen molar-refractivity contribution in [2.75, 3.05) is 19.8 Å². The van der Waals surface area contributed by atoms with E-state index >= 15 is 0 Å². The van der Waals surface area contributed by atoms with Gasteiger partial charge in [-0.3, -0.25) is 9.80 Å². The first-order chi connectivity index (χ1) is 21.3. The molecule has 1 aliphatic heterocycles. The number of benzene rings is 2. The molecular weight excluding hydrogens is 570 g/mol. The molecule has 9 nitrogen and oxygen atoms in total. The highest BCUT2D eigenvalue weighted by molar-refractivity contribution is 5.70. The molecule has 1 saturated heterocycles. The molecule has 2 aromatic rings. The zero-order chi connectivity index (χ0) is 33.2. The molecule has 45 heavy (non-hydrogen) atoms. The van der Waals surface area contributed by atoms with Crippen LogP contribution in [0.2, 0.25) is 0 Å². The highest BCUT2D eigenvalue weighted by atomic mass is 16.6. The summed E-state index contributed by atoms with van der Waals surface area (Å²) < 4.78 is 18.0. The van der Waals surface area contributed by atoms with E-state index in [1.54, 1.807) is 9.80 Å². The maximum absolute atomic E-state index is 13.9. The van der Waals surface area contributed by atoms with Crippen molar-refractivity contribution in [2.45, 2.75) is 123 Å². The van der Waals surface area contributed by atoms with E-state index in [-0.39, 0.29) is 43.9 Å². The SMILES string of the molecule is CC(C)N(C(=O)OCCC[C@@H]([C@H](CCO)OC(=O)N1C(C)(C)COC1(C)C)N(Cc1ccccc1)Cc1ccccc1)C(C)C. The maximum Gasteiger partial charge on any atom is 0.412 e. The summed E-state index contributed by atoms with van der Waals surface area (Å²) in [5.74, 6) is 0. The van der Waals surface area contributed by atoms with E-state index in [0.717, 1.165) is 11.1 Å². The van der Waals surface area contributed by atoms with Gasteiger partial charge in [0.2, 0.25) is 0 Å². The van der Waals surface area contributed by atoms with Gasteiger partial charge in [0.1, 0.15) is 11.8 Å². The molecule has 1 heterocycles. The predicted octanol–water partition coefficient (Wildman–Crippen LogP) is 6.83. The van der Waals surface area contributed by atoms with Crippen LogP contribution in [0.4, 0.5) is 9.59 Å². The molecule has 1 N–H and O–H groups in total. The van der Waals surface area contributed by atoms with E-state index in [4.69, 9.17) is 14.2 Å². The lowest BCUT2D eigenvalue weighted by atomic mass is 9.98. The average Bonchev–Trinajstić information content (AvgIpc) is 3.19. The second-order valence-electron chi connectivity index (χ2n) is 13.6. The van der Waals surface area contributed by atoms with Crippen LogP contribution in [0.5, 0.6) is 0 Å². The number of aliphatic hydroxyl groups is 1. The number of carbonyl (C=O) groups is 2. The third-order valence-electron chi connectivity index (χ3n) is 8.32. The molecule has 1 fully saturated rings. The molecule has 0 spiro atoms. The molecule has 0 unspecified atom stereocenters. The zero-order valence-corrected chi connectivity index (χ0v) is 28.6. The van der Waals surface area contributed by atoms with Gasteiger partial charge >= 0.3 is 12.2 Å². The number of hydrogen-bond acceptors (Lipinski definition) is 7. The first kappa shape index (κ1) is 36.3. The number of amides is 2. The largest absolute Gasteiger partial charge is 0.449 e. The number of rotatable bonds is 15. The first-order valence-electron chi connectivity index (χ1n) is 16.3. The van der Waals surface area contributed by atoms with Gasteiger partial charge in [0.15, 0.2) is 0 Å². The Bertz CT molecular complexity index is 1120. The summed E-state index contributed by atoms with van der Waals surface area (Å²) in [5.41, 5.74) is 0.860. The minimum absolute atomic E-state index is 0.0221. The summed E-state index contributed by atoms with van der Waals surface area (Å²) in [6.07, 6.45) is -0.0255. The molecule has 3 rings (SSSR count). The van der Waals surface area contributed by atoms with Gasteiger partial charge in [-0.1, -0.05) is 60.7 Å². The topological polar surface area (TPSA) is 91.8 Å². The lowest BCUT2D eigenvalue weighted by molar-refractivity contribution is -0.0711. The Morgan fingerprint density at radius 1 is 0.889 bits per heavy atom. The number of ether oxygens (including phenoxy) is 3. The van der Waals surface area contributed by atoms with Crippen molar-refractivity contribution in [3.05, 3.63) is 71.8 Å². The quantitative estimate of drug-likeness (QED) is 0.217. The number of aliphatic hydroxyl groups excluding tert-OH is 1. The Balaban J connectivity index is 1.92. The third-order valence-corrected chi connectivity index (χ3v) is 8.32. The van der Waals surface area contributed by atoms with Crippen molar-refractivity contribution < 1.29 is 28.9 Å². The number of nitrogens with zero attached hydrogens (tertiary/aromatic N) is 3. The molecule has 0 aliphatic carbocycles. The van der Waals surface area contributed by atoms with Crippen LogP contribution in [-0.2, 0) is 27.3 Å². The van der Waals surface area contributed by atoms with Crippen LogP contribution in [0.3, 0.4) is 0 Å². The van der Waals surface area contributed by atoms with Crippen LogP contribution in [0.25, 0.3) is 0 Å².